The summed E-state index contributed by atoms with van der Waals surface area (Å²) in [5.41, 5.74) is 7.39. The Labute approximate surface area is 84.5 Å². The number of hydrogen-bond donors (Lipinski definition) is 1. The second-order valence-corrected chi connectivity index (χ2v) is 4.60. The van der Waals surface area contributed by atoms with Gasteiger partial charge in [0.05, 0.1) is 17.9 Å². The Morgan fingerprint density at radius 2 is 2.14 bits per heavy atom. The second kappa shape index (κ2) is 3.35. The minimum absolute atomic E-state index is 0.0405. The van der Waals surface area contributed by atoms with Crippen molar-refractivity contribution >= 4 is 0 Å². The summed E-state index contributed by atoms with van der Waals surface area (Å²) in [7, 11) is 1.83. The average Bonchev–Trinajstić information content (AvgIpc) is 2.74. The fraction of sp³-hybridized carbons (Fsp3) is 0.800. The van der Waals surface area contributed by atoms with E-state index in [0.29, 0.717) is 0 Å². The fourth-order valence-corrected chi connectivity index (χ4v) is 2.35. The van der Waals surface area contributed by atoms with Crippen LogP contribution in [0.2, 0.25) is 0 Å². The SMILES string of the molecule is Cn1ncc(C(N)C2(C)CCCC2)n1. The molecule has 4 nitrogen and oxygen atoms in total. The van der Waals surface area contributed by atoms with E-state index in [-0.39, 0.29) is 11.5 Å². The third-order valence-electron chi connectivity index (χ3n) is 3.43. The molecule has 1 unspecified atom stereocenters. The third kappa shape index (κ3) is 1.54. The Morgan fingerprint density at radius 1 is 1.50 bits per heavy atom. The zero-order valence-electron chi connectivity index (χ0n) is 8.90. The molecule has 0 bridgehead atoms. The van der Waals surface area contributed by atoms with Crippen LogP contribution in [0.1, 0.15) is 44.3 Å². The first kappa shape index (κ1) is 9.65. The Hall–Kier alpha value is -0.900. The number of aryl methyl sites for hydroxylation is 1. The molecule has 2 rings (SSSR count). The lowest BCUT2D eigenvalue weighted by atomic mass is 9.80. The fourth-order valence-electron chi connectivity index (χ4n) is 2.35. The molecule has 78 valence electrons. The molecule has 1 aliphatic rings. The smallest absolute Gasteiger partial charge is 0.0999 e. The summed E-state index contributed by atoms with van der Waals surface area (Å²) in [5.74, 6) is 0. The number of nitrogens with two attached hydrogens (primary N) is 1. The molecule has 4 heteroatoms. The molecule has 0 radical (unpaired) electrons. The van der Waals surface area contributed by atoms with Gasteiger partial charge in [-0.25, -0.2) is 0 Å². The quantitative estimate of drug-likeness (QED) is 0.774. The molecule has 1 saturated carbocycles. The van der Waals surface area contributed by atoms with Crippen molar-refractivity contribution in [2.24, 2.45) is 18.2 Å². The maximum absolute atomic E-state index is 6.23. The van der Waals surface area contributed by atoms with Crippen molar-refractivity contribution in [2.75, 3.05) is 0 Å². The minimum Gasteiger partial charge on any atom is -0.322 e. The molecule has 14 heavy (non-hydrogen) atoms. The van der Waals surface area contributed by atoms with Crippen molar-refractivity contribution in [3.8, 4) is 0 Å². The van der Waals surface area contributed by atoms with E-state index in [2.05, 4.69) is 17.1 Å². The highest BCUT2D eigenvalue weighted by atomic mass is 15.4. The number of rotatable bonds is 2. The molecule has 0 aliphatic heterocycles. The van der Waals surface area contributed by atoms with Crippen LogP contribution < -0.4 is 5.73 Å². The van der Waals surface area contributed by atoms with E-state index in [0.717, 1.165) is 5.69 Å². The molecule has 1 heterocycles. The van der Waals surface area contributed by atoms with Crippen LogP contribution in [-0.4, -0.2) is 15.0 Å². The molecule has 1 aromatic rings. The van der Waals surface area contributed by atoms with E-state index in [1.54, 1.807) is 11.0 Å². The molecular formula is C10H18N4. The van der Waals surface area contributed by atoms with Crippen LogP contribution in [0.4, 0.5) is 0 Å². The predicted octanol–water partition coefficient (Wildman–Crippen LogP) is 1.40. The topological polar surface area (TPSA) is 56.7 Å². The van der Waals surface area contributed by atoms with E-state index in [4.69, 9.17) is 5.73 Å². The normalized spacial score (nSPS) is 22.5. The average molecular weight is 194 g/mol. The molecule has 2 N–H and O–H groups in total. The summed E-state index contributed by atoms with van der Waals surface area (Å²) < 4.78 is 0. The Bertz CT molecular complexity index is 312. The van der Waals surface area contributed by atoms with Crippen molar-refractivity contribution in [3.05, 3.63) is 11.9 Å². The van der Waals surface area contributed by atoms with Gasteiger partial charge in [0.1, 0.15) is 0 Å². The highest BCUT2D eigenvalue weighted by molar-refractivity contribution is 5.06. The standard InChI is InChI=1S/C10H18N4/c1-10(5-3-4-6-10)9(11)8-7-12-14(2)13-8/h7,9H,3-6,11H2,1-2H3. The lowest BCUT2D eigenvalue weighted by Crippen LogP contribution is -2.29. The Morgan fingerprint density at radius 3 is 2.64 bits per heavy atom. The van der Waals surface area contributed by atoms with E-state index in [9.17, 15) is 0 Å². The minimum atomic E-state index is 0.0405. The van der Waals surface area contributed by atoms with Crippen molar-refractivity contribution in [3.63, 3.8) is 0 Å². The van der Waals surface area contributed by atoms with Gasteiger partial charge >= 0.3 is 0 Å². The maximum atomic E-state index is 6.23. The first-order valence-corrected chi connectivity index (χ1v) is 5.24. The molecular weight excluding hydrogens is 176 g/mol. The van der Waals surface area contributed by atoms with Crippen LogP contribution in [0.15, 0.2) is 6.20 Å². The van der Waals surface area contributed by atoms with Gasteiger partial charge in [0, 0.05) is 7.05 Å². The van der Waals surface area contributed by atoms with Crippen molar-refractivity contribution < 1.29 is 0 Å². The summed E-state index contributed by atoms with van der Waals surface area (Å²) >= 11 is 0. The first-order chi connectivity index (χ1) is 6.62. The van der Waals surface area contributed by atoms with E-state index in [1.807, 2.05) is 7.05 Å². The highest BCUT2D eigenvalue weighted by Crippen LogP contribution is 2.45. The van der Waals surface area contributed by atoms with Gasteiger partial charge in [-0.3, -0.25) is 0 Å². The monoisotopic (exact) mass is 194 g/mol. The number of aromatic nitrogens is 3. The number of hydrogen-bond acceptors (Lipinski definition) is 3. The van der Waals surface area contributed by atoms with Crippen LogP contribution in [0.25, 0.3) is 0 Å². The summed E-state index contributed by atoms with van der Waals surface area (Å²) in [4.78, 5) is 1.58. The molecule has 0 amide bonds. The van der Waals surface area contributed by atoms with E-state index >= 15 is 0 Å². The zero-order valence-corrected chi connectivity index (χ0v) is 8.90. The summed E-state index contributed by atoms with van der Waals surface area (Å²) in [6.07, 6.45) is 6.80. The van der Waals surface area contributed by atoms with Crippen molar-refractivity contribution in [2.45, 2.75) is 38.6 Å². The van der Waals surface area contributed by atoms with Crippen LogP contribution in [0.3, 0.4) is 0 Å². The van der Waals surface area contributed by atoms with E-state index in [1.165, 1.54) is 25.7 Å². The van der Waals surface area contributed by atoms with Gasteiger partial charge in [-0.1, -0.05) is 19.8 Å². The van der Waals surface area contributed by atoms with Gasteiger partial charge < -0.3 is 5.73 Å². The third-order valence-corrected chi connectivity index (χ3v) is 3.43. The molecule has 0 aromatic carbocycles. The van der Waals surface area contributed by atoms with Gasteiger partial charge in [-0.2, -0.15) is 15.0 Å². The van der Waals surface area contributed by atoms with Crippen LogP contribution >= 0.6 is 0 Å². The van der Waals surface area contributed by atoms with Crippen LogP contribution in [0.5, 0.6) is 0 Å². The molecule has 1 fully saturated rings. The van der Waals surface area contributed by atoms with E-state index < -0.39 is 0 Å². The summed E-state index contributed by atoms with van der Waals surface area (Å²) in [6, 6.07) is 0.0405. The molecule has 1 atom stereocenters. The Balaban J connectivity index is 2.18. The maximum Gasteiger partial charge on any atom is 0.0999 e. The Kier molecular flexibility index (Phi) is 2.31. The van der Waals surface area contributed by atoms with Gasteiger partial charge in [0.2, 0.25) is 0 Å². The lowest BCUT2D eigenvalue weighted by molar-refractivity contribution is 0.260. The van der Waals surface area contributed by atoms with Gasteiger partial charge in [0.25, 0.3) is 0 Å². The van der Waals surface area contributed by atoms with Gasteiger partial charge in [-0.15, -0.1) is 0 Å². The first-order valence-electron chi connectivity index (χ1n) is 5.24. The summed E-state index contributed by atoms with van der Waals surface area (Å²) in [6.45, 7) is 2.26. The lowest BCUT2D eigenvalue weighted by Gasteiger charge is -2.29. The van der Waals surface area contributed by atoms with Crippen LogP contribution in [0, 0.1) is 5.41 Å². The van der Waals surface area contributed by atoms with Crippen LogP contribution in [-0.2, 0) is 7.05 Å². The number of nitrogens with zero attached hydrogens (tertiary/aromatic N) is 3. The zero-order chi connectivity index (χ0) is 10.2. The molecule has 1 aromatic heterocycles. The predicted molar refractivity (Wildman–Crippen MR) is 54.5 cm³/mol. The molecule has 1 aliphatic carbocycles. The molecule has 0 spiro atoms. The summed E-state index contributed by atoms with van der Waals surface area (Å²) in [5, 5.41) is 8.35. The van der Waals surface area contributed by atoms with Crippen molar-refractivity contribution in [1.82, 2.24) is 15.0 Å². The molecule has 0 saturated heterocycles. The van der Waals surface area contributed by atoms with Crippen molar-refractivity contribution in [1.29, 1.82) is 0 Å². The van der Waals surface area contributed by atoms with Gasteiger partial charge in [-0.05, 0) is 18.3 Å². The second-order valence-electron chi connectivity index (χ2n) is 4.60. The highest BCUT2D eigenvalue weighted by Gasteiger charge is 2.36. The largest absolute Gasteiger partial charge is 0.322 e. The van der Waals surface area contributed by atoms with Gasteiger partial charge in [0.15, 0.2) is 0 Å².